The number of aromatic nitrogens is 4. The van der Waals surface area contributed by atoms with Crippen molar-refractivity contribution in [2.75, 3.05) is 6.54 Å². The lowest BCUT2D eigenvalue weighted by atomic mass is 10.1. The molecule has 7 nitrogen and oxygen atoms in total. The van der Waals surface area contributed by atoms with Crippen LogP contribution in [0.2, 0.25) is 0 Å². The molecule has 0 saturated heterocycles. The Morgan fingerprint density at radius 3 is 2.41 bits per heavy atom. The van der Waals surface area contributed by atoms with Crippen LogP contribution in [0.4, 0.5) is 0 Å². The Bertz CT molecular complexity index is 1020. The number of carbonyl (C=O) groups excluding carboxylic acids is 1. The van der Waals surface area contributed by atoms with Crippen LogP contribution in [0.15, 0.2) is 47.3 Å². The molecule has 2 aromatic heterocycles. The Morgan fingerprint density at radius 1 is 1.11 bits per heavy atom. The molecule has 0 aliphatic carbocycles. The third-order valence-corrected chi connectivity index (χ3v) is 4.42. The molecule has 3 aromatic rings. The van der Waals surface area contributed by atoms with Crippen molar-refractivity contribution in [3.8, 4) is 11.3 Å². The van der Waals surface area contributed by atoms with Gasteiger partial charge in [0.05, 0.1) is 17.4 Å². The van der Waals surface area contributed by atoms with Gasteiger partial charge in [0.1, 0.15) is 0 Å². The molecule has 1 aromatic carbocycles. The van der Waals surface area contributed by atoms with Crippen LogP contribution in [-0.2, 0) is 7.05 Å². The first-order valence-electron chi connectivity index (χ1n) is 8.81. The number of hydrogen-bond donors (Lipinski definition) is 1. The summed E-state index contributed by atoms with van der Waals surface area (Å²) in [5.41, 5.74) is 3.98. The van der Waals surface area contributed by atoms with Gasteiger partial charge in [-0.1, -0.05) is 12.1 Å². The molecule has 0 aliphatic rings. The number of carbonyl (C=O) groups is 1. The fraction of sp³-hybridized carbons (Fsp3) is 0.300. The van der Waals surface area contributed by atoms with E-state index >= 15 is 0 Å². The number of nitrogens with one attached hydrogen (secondary N) is 1. The molecule has 0 unspecified atom stereocenters. The number of rotatable bonds is 5. The summed E-state index contributed by atoms with van der Waals surface area (Å²) in [6, 6.07) is 12.4. The minimum atomic E-state index is -0.161. The molecule has 7 heteroatoms. The van der Waals surface area contributed by atoms with E-state index < -0.39 is 0 Å². The number of nitrogens with zero attached hydrogens (tertiary/aromatic N) is 4. The van der Waals surface area contributed by atoms with Crippen LogP contribution < -0.4 is 10.9 Å². The van der Waals surface area contributed by atoms with E-state index in [1.165, 1.54) is 10.7 Å². The highest BCUT2D eigenvalue weighted by Crippen LogP contribution is 2.16. The third kappa shape index (κ3) is 4.13. The van der Waals surface area contributed by atoms with Crippen molar-refractivity contribution in [2.45, 2.75) is 26.8 Å². The first kappa shape index (κ1) is 18.6. The van der Waals surface area contributed by atoms with E-state index in [1.54, 1.807) is 25.2 Å². The molecular formula is C20H23N5O2. The minimum Gasteiger partial charge on any atom is -0.350 e. The Kier molecular flexibility index (Phi) is 5.21. The Hall–Kier alpha value is -3.22. The van der Waals surface area contributed by atoms with E-state index in [0.717, 1.165) is 17.0 Å². The first-order valence-corrected chi connectivity index (χ1v) is 8.81. The summed E-state index contributed by atoms with van der Waals surface area (Å²) in [5, 5.41) is 11.6. The zero-order chi connectivity index (χ0) is 19.6. The van der Waals surface area contributed by atoms with Crippen LogP contribution in [0.25, 0.3) is 11.3 Å². The Morgan fingerprint density at radius 2 is 1.81 bits per heavy atom. The van der Waals surface area contributed by atoms with Crippen LogP contribution in [0, 0.1) is 13.8 Å². The normalized spacial score (nSPS) is 12.0. The summed E-state index contributed by atoms with van der Waals surface area (Å²) in [7, 11) is 1.61. The second kappa shape index (κ2) is 7.57. The molecule has 0 bridgehead atoms. The van der Waals surface area contributed by atoms with E-state index in [0.29, 0.717) is 17.8 Å². The van der Waals surface area contributed by atoms with Gasteiger partial charge in [-0.15, -0.1) is 0 Å². The van der Waals surface area contributed by atoms with E-state index in [4.69, 9.17) is 0 Å². The lowest BCUT2D eigenvalue weighted by Gasteiger charge is -2.15. The molecule has 0 radical (unpaired) electrons. The maximum Gasteiger partial charge on any atom is 0.266 e. The van der Waals surface area contributed by atoms with Crippen molar-refractivity contribution in [3.05, 3.63) is 69.8 Å². The standard InChI is InChI=1S/C20H23N5O2/c1-13-11-14(2)25(22-13)15(3)12-21-20(27)17-7-5-16(6-8-17)18-9-10-19(26)24(4)23-18/h5-11,15H,12H2,1-4H3,(H,21,27)/t15-/m0/s1. The molecule has 0 saturated carbocycles. The molecule has 0 aliphatic heterocycles. The molecule has 1 N–H and O–H groups in total. The van der Waals surface area contributed by atoms with Crippen molar-refractivity contribution in [2.24, 2.45) is 7.05 Å². The van der Waals surface area contributed by atoms with Crippen LogP contribution in [0.3, 0.4) is 0 Å². The molecule has 3 rings (SSSR count). The number of amides is 1. The fourth-order valence-electron chi connectivity index (χ4n) is 2.97. The van der Waals surface area contributed by atoms with Gasteiger partial charge in [-0.25, -0.2) is 4.68 Å². The smallest absolute Gasteiger partial charge is 0.266 e. The molecule has 0 fully saturated rings. The lowest BCUT2D eigenvalue weighted by Crippen LogP contribution is -2.30. The summed E-state index contributed by atoms with van der Waals surface area (Å²) in [5.74, 6) is -0.136. The number of hydrogen-bond acceptors (Lipinski definition) is 4. The van der Waals surface area contributed by atoms with E-state index in [-0.39, 0.29) is 17.5 Å². The zero-order valence-electron chi connectivity index (χ0n) is 15.9. The van der Waals surface area contributed by atoms with Crippen LogP contribution in [-0.4, -0.2) is 32.0 Å². The summed E-state index contributed by atoms with van der Waals surface area (Å²) >= 11 is 0. The Balaban J connectivity index is 1.66. The van der Waals surface area contributed by atoms with Gasteiger partial charge in [0.15, 0.2) is 0 Å². The summed E-state index contributed by atoms with van der Waals surface area (Å²) in [4.78, 5) is 23.9. The molecule has 1 amide bonds. The summed E-state index contributed by atoms with van der Waals surface area (Å²) in [6.45, 7) is 6.47. The van der Waals surface area contributed by atoms with Crippen molar-refractivity contribution in [1.29, 1.82) is 0 Å². The molecule has 2 heterocycles. The highest BCUT2D eigenvalue weighted by molar-refractivity contribution is 5.94. The van der Waals surface area contributed by atoms with Crippen molar-refractivity contribution in [1.82, 2.24) is 24.9 Å². The van der Waals surface area contributed by atoms with Gasteiger partial charge >= 0.3 is 0 Å². The fourth-order valence-corrected chi connectivity index (χ4v) is 2.97. The second-order valence-electron chi connectivity index (χ2n) is 6.69. The van der Waals surface area contributed by atoms with Crippen molar-refractivity contribution < 1.29 is 4.79 Å². The van der Waals surface area contributed by atoms with E-state index in [1.807, 2.05) is 43.7 Å². The van der Waals surface area contributed by atoms with Gasteiger partial charge in [0.25, 0.3) is 11.5 Å². The van der Waals surface area contributed by atoms with E-state index in [9.17, 15) is 9.59 Å². The molecule has 140 valence electrons. The average molecular weight is 365 g/mol. The minimum absolute atomic E-state index is 0.0664. The number of benzene rings is 1. The largest absolute Gasteiger partial charge is 0.350 e. The predicted molar refractivity (Wildman–Crippen MR) is 104 cm³/mol. The lowest BCUT2D eigenvalue weighted by molar-refractivity contribution is 0.0947. The highest BCUT2D eigenvalue weighted by atomic mass is 16.1. The van der Waals surface area contributed by atoms with Gasteiger partial charge < -0.3 is 5.32 Å². The van der Waals surface area contributed by atoms with Crippen LogP contribution in [0.5, 0.6) is 0 Å². The average Bonchev–Trinajstić information content (AvgIpc) is 3.00. The second-order valence-corrected chi connectivity index (χ2v) is 6.69. The van der Waals surface area contributed by atoms with E-state index in [2.05, 4.69) is 15.5 Å². The SMILES string of the molecule is Cc1cc(C)n([C@@H](C)CNC(=O)c2ccc(-c3ccc(=O)n(C)n3)cc2)n1. The van der Waals surface area contributed by atoms with Gasteiger partial charge in [-0.2, -0.15) is 10.2 Å². The highest BCUT2D eigenvalue weighted by Gasteiger charge is 2.12. The van der Waals surface area contributed by atoms with Crippen molar-refractivity contribution in [3.63, 3.8) is 0 Å². The van der Waals surface area contributed by atoms with Gasteiger partial charge in [0, 0.05) is 36.5 Å². The maximum atomic E-state index is 12.4. The van der Waals surface area contributed by atoms with Gasteiger partial charge in [-0.05, 0) is 45.0 Å². The monoisotopic (exact) mass is 365 g/mol. The quantitative estimate of drug-likeness (QED) is 0.752. The topological polar surface area (TPSA) is 81.8 Å². The molecular weight excluding hydrogens is 342 g/mol. The summed E-state index contributed by atoms with van der Waals surface area (Å²) in [6.07, 6.45) is 0. The molecule has 1 atom stereocenters. The number of aryl methyl sites for hydroxylation is 3. The van der Waals surface area contributed by atoms with Gasteiger partial charge in [-0.3, -0.25) is 14.3 Å². The molecule has 27 heavy (non-hydrogen) atoms. The first-order chi connectivity index (χ1) is 12.8. The molecule has 0 spiro atoms. The van der Waals surface area contributed by atoms with Crippen LogP contribution >= 0.6 is 0 Å². The zero-order valence-corrected chi connectivity index (χ0v) is 15.9. The van der Waals surface area contributed by atoms with Crippen LogP contribution in [0.1, 0.15) is 34.7 Å². The predicted octanol–water partition coefficient (Wildman–Crippen LogP) is 2.25. The summed E-state index contributed by atoms with van der Waals surface area (Å²) < 4.78 is 3.21. The third-order valence-electron chi connectivity index (χ3n) is 4.42. The maximum absolute atomic E-state index is 12.4. The Labute approximate surface area is 157 Å². The van der Waals surface area contributed by atoms with Crippen molar-refractivity contribution >= 4 is 5.91 Å². The van der Waals surface area contributed by atoms with Gasteiger partial charge in [0.2, 0.25) is 0 Å².